The molecule has 0 bridgehead atoms. The Morgan fingerprint density at radius 2 is 1.96 bits per heavy atom. The average Bonchev–Trinajstić information content (AvgIpc) is 2.62. The molecule has 0 aliphatic rings. The first kappa shape index (κ1) is 19.5. The molecule has 1 aromatic carbocycles. The van der Waals surface area contributed by atoms with Gasteiger partial charge < -0.3 is 23.5 Å². The third kappa shape index (κ3) is 5.59. The number of nitrogens with zero attached hydrogens (tertiary/aromatic N) is 1. The lowest BCUT2D eigenvalue weighted by atomic mass is 10.2. The summed E-state index contributed by atoms with van der Waals surface area (Å²) in [6.45, 7) is 2.01. The van der Waals surface area contributed by atoms with Crippen LogP contribution in [0, 0.1) is 0 Å². The summed E-state index contributed by atoms with van der Waals surface area (Å²) in [5, 5.41) is 0.743. The Kier molecular flexibility index (Phi) is 7.16. The second-order valence-corrected chi connectivity index (χ2v) is 5.36. The first-order valence-electron chi connectivity index (χ1n) is 8.12. The maximum Gasteiger partial charge on any atom is 0.336 e. The zero-order valence-corrected chi connectivity index (χ0v) is 14.7. The second-order valence-electron chi connectivity index (χ2n) is 5.36. The van der Waals surface area contributed by atoms with Gasteiger partial charge in [0, 0.05) is 31.2 Å². The number of methoxy groups -OCH3 is 1. The molecule has 140 valence electrons. The molecule has 26 heavy (non-hydrogen) atoms. The lowest BCUT2D eigenvalue weighted by molar-refractivity contribution is -0.149. The molecule has 0 unspecified atom stereocenters. The molecule has 0 atom stereocenters. The van der Waals surface area contributed by atoms with Crippen LogP contribution in [0.15, 0.2) is 39.5 Å². The summed E-state index contributed by atoms with van der Waals surface area (Å²) in [5.41, 5.74) is -0.101. The molecule has 0 saturated heterocycles. The first-order chi connectivity index (χ1) is 12.5. The minimum atomic E-state index is -0.496. The molecule has 1 heterocycles. The van der Waals surface area contributed by atoms with E-state index in [1.165, 1.54) is 24.1 Å². The fourth-order valence-corrected chi connectivity index (χ4v) is 2.22. The largest absolute Gasteiger partial charge is 0.484 e. The van der Waals surface area contributed by atoms with Crippen LogP contribution in [0.5, 0.6) is 5.75 Å². The molecule has 0 N–H and O–H groups in total. The van der Waals surface area contributed by atoms with Crippen LogP contribution in [0.3, 0.4) is 0 Å². The highest BCUT2D eigenvalue weighted by molar-refractivity contribution is 5.83. The van der Waals surface area contributed by atoms with Gasteiger partial charge in [0.25, 0.3) is 5.91 Å². The quantitative estimate of drug-likeness (QED) is 0.488. The molecular formula is C18H21NO7. The van der Waals surface area contributed by atoms with Crippen LogP contribution in [0.2, 0.25) is 0 Å². The molecule has 1 aromatic heterocycles. The van der Waals surface area contributed by atoms with Crippen LogP contribution in [0.1, 0.15) is 6.92 Å². The summed E-state index contributed by atoms with van der Waals surface area (Å²) < 4.78 is 20.4. The van der Waals surface area contributed by atoms with Crippen molar-refractivity contribution in [1.29, 1.82) is 0 Å². The molecule has 8 heteroatoms. The van der Waals surface area contributed by atoms with E-state index in [2.05, 4.69) is 0 Å². The Bertz CT molecular complexity index is 815. The summed E-state index contributed by atoms with van der Waals surface area (Å²) in [5.74, 6) is -0.503. The molecule has 0 aliphatic carbocycles. The van der Waals surface area contributed by atoms with Crippen LogP contribution in [-0.2, 0) is 19.1 Å². The van der Waals surface area contributed by atoms with Crippen molar-refractivity contribution in [3.8, 4) is 5.75 Å². The SMILES string of the molecule is CCOC(=O)CN(CCOC)C(=O)COc1ccc2ccc(=O)oc2c1. The average molecular weight is 363 g/mol. The molecular weight excluding hydrogens is 342 g/mol. The fourth-order valence-electron chi connectivity index (χ4n) is 2.22. The zero-order valence-electron chi connectivity index (χ0n) is 14.7. The molecule has 2 aromatic rings. The first-order valence-corrected chi connectivity index (χ1v) is 8.12. The van der Waals surface area contributed by atoms with Crippen molar-refractivity contribution in [1.82, 2.24) is 4.90 Å². The highest BCUT2D eigenvalue weighted by Crippen LogP contribution is 2.19. The number of benzene rings is 1. The molecule has 0 fully saturated rings. The number of hydrogen-bond donors (Lipinski definition) is 0. The highest BCUT2D eigenvalue weighted by atomic mass is 16.5. The number of esters is 1. The molecule has 0 aliphatic heterocycles. The van der Waals surface area contributed by atoms with E-state index >= 15 is 0 Å². The lowest BCUT2D eigenvalue weighted by Crippen LogP contribution is -2.41. The summed E-state index contributed by atoms with van der Waals surface area (Å²) in [4.78, 5) is 36.6. The lowest BCUT2D eigenvalue weighted by Gasteiger charge is -2.21. The summed E-state index contributed by atoms with van der Waals surface area (Å²) in [6.07, 6.45) is 0. The zero-order chi connectivity index (χ0) is 18.9. The molecule has 0 saturated carbocycles. The van der Waals surface area contributed by atoms with Crippen molar-refractivity contribution in [3.63, 3.8) is 0 Å². The highest BCUT2D eigenvalue weighted by Gasteiger charge is 2.18. The van der Waals surface area contributed by atoms with Gasteiger partial charge in [-0.3, -0.25) is 9.59 Å². The third-order valence-electron chi connectivity index (χ3n) is 3.50. The number of amides is 1. The van der Waals surface area contributed by atoms with E-state index < -0.39 is 11.6 Å². The van der Waals surface area contributed by atoms with Gasteiger partial charge in [-0.1, -0.05) is 0 Å². The molecule has 0 spiro atoms. The maximum absolute atomic E-state index is 12.3. The number of fused-ring (bicyclic) bond motifs is 1. The predicted molar refractivity (Wildman–Crippen MR) is 93.1 cm³/mol. The van der Waals surface area contributed by atoms with Crippen molar-refractivity contribution in [3.05, 3.63) is 40.8 Å². The van der Waals surface area contributed by atoms with Gasteiger partial charge in [-0.25, -0.2) is 4.79 Å². The number of carbonyl (C=O) groups is 2. The van der Waals surface area contributed by atoms with E-state index in [9.17, 15) is 14.4 Å². The van der Waals surface area contributed by atoms with Gasteiger partial charge in [-0.2, -0.15) is 0 Å². The van der Waals surface area contributed by atoms with Crippen molar-refractivity contribution < 1.29 is 28.2 Å². The normalized spacial score (nSPS) is 10.5. The Morgan fingerprint density at radius 3 is 2.69 bits per heavy atom. The molecule has 8 nitrogen and oxygen atoms in total. The van der Waals surface area contributed by atoms with Crippen LogP contribution < -0.4 is 10.4 Å². The van der Waals surface area contributed by atoms with Gasteiger partial charge in [-0.15, -0.1) is 0 Å². The number of carbonyl (C=O) groups excluding carboxylic acids is 2. The van der Waals surface area contributed by atoms with E-state index in [-0.39, 0.29) is 38.8 Å². The van der Waals surface area contributed by atoms with Crippen molar-refractivity contribution in [2.75, 3.05) is 40.0 Å². The Hall–Kier alpha value is -2.87. The van der Waals surface area contributed by atoms with Crippen LogP contribution in [0.4, 0.5) is 0 Å². The second kappa shape index (κ2) is 9.57. The fraction of sp³-hybridized carbons (Fsp3) is 0.389. The molecule has 1 amide bonds. The summed E-state index contributed by atoms with van der Waals surface area (Å²) >= 11 is 0. The standard InChI is InChI=1S/C18H21NO7/c1-3-24-18(22)11-19(8-9-23-2)16(20)12-25-14-6-4-13-5-7-17(21)26-15(13)10-14/h4-7,10H,3,8-9,11-12H2,1-2H3. The van der Waals surface area contributed by atoms with Gasteiger partial charge in [0.2, 0.25) is 0 Å². The van der Waals surface area contributed by atoms with E-state index in [0.717, 1.165) is 5.39 Å². The van der Waals surface area contributed by atoms with Crippen LogP contribution >= 0.6 is 0 Å². The minimum Gasteiger partial charge on any atom is -0.484 e. The maximum atomic E-state index is 12.3. The predicted octanol–water partition coefficient (Wildman–Crippen LogP) is 1.21. The number of ether oxygens (including phenoxy) is 3. The smallest absolute Gasteiger partial charge is 0.336 e. The van der Waals surface area contributed by atoms with Crippen molar-refractivity contribution in [2.24, 2.45) is 0 Å². The monoisotopic (exact) mass is 363 g/mol. The van der Waals surface area contributed by atoms with Crippen LogP contribution in [-0.4, -0.2) is 56.8 Å². The van der Waals surface area contributed by atoms with Crippen molar-refractivity contribution in [2.45, 2.75) is 6.92 Å². The summed E-state index contributed by atoms with van der Waals surface area (Å²) in [7, 11) is 1.51. The topological polar surface area (TPSA) is 95.3 Å². The third-order valence-corrected chi connectivity index (χ3v) is 3.50. The van der Waals surface area contributed by atoms with E-state index in [0.29, 0.717) is 11.3 Å². The van der Waals surface area contributed by atoms with Crippen LogP contribution in [0.25, 0.3) is 11.0 Å². The van der Waals surface area contributed by atoms with Gasteiger partial charge in [-0.05, 0) is 25.1 Å². The van der Waals surface area contributed by atoms with Gasteiger partial charge in [0.1, 0.15) is 17.9 Å². The Balaban J connectivity index is 2.01. The summed E-state index contributed by atoms with van der Waals surface area (Å²) in [6, 6.07) is 7.89. The molecule has 0 radical (unpaired) electrons. The van der Waals surface area contributed by atoms with Gasteiger partial charge >= 0.3 is 11.6 Å². The van der Waals surface area contributed by atoms with Gasteiger partial charge in [0.05, 0.1) is 13.2 Å². The Morgan fingerprint density at radius 1 is 1.19 bits per heavy atom. The number of rotatable bonds is 9. The molecule has 2 rings (SSSR count). The van der Waals surface area contributed by atoms with Gasteiger partial charge in [0.15, 0.2) is 6.61 Å². The number of hydrogen-bond acceptors (Lipinski definition) is 7. The minimum absolute atomic E-state index is 0.175. The Labute approximate surface area is 150 Å². The van der Waals surface area contributed by atoms with E-state index in [1.54, 1.807) is 25.1 Å². The van der Waals surface area contributed by atoms with Crippen molar-refractivity contribution >= 4 is 22.8 Å². The van der Waals surface area contributed by atoms with E-state index in [1.807, 2.05) is 0 Å². The van der Waals surface area contributed by atoms with E-state index in [4.69, 9.17) is 18.6 Å².